The number of carbonyl (C=O) groups is 1. The van der Waals surface area contributed by atoms with Crippen molar-refractivity contribution in [2.75, 3.05) is 13.2 Å². The van der Waals surface area contributed by atoms with Crippen molar-refractivity contribution in [3.8, 4) is 0 Å². The van der Waals surface area contributed by atoms with Gasteiger partial charge in [0.05, 0.1) is 6.61 Å². The van der Waals surface area contributed by atoms with Crippen molar-refractivity contribution in [2.24, 2.45) is 0 Å². The van der Waals surface area contributed by atoms with Crippen molar-refractivity contribution in [3.63, 3.8) is 0 Å². The Hall–Kier alpha value is -1.62. The van der Waals surface area contributed by atoms with Gasteiger partial charge in [-0.3, -0.25) is 0 Å². The molecule has 0 spiro atoms. The first-order valence-electron chi connectivity index (χ1n) is 7.22. The molecule has 2 N–H and O–H groups in total. The highest BCUT2D eigenvalue weighted by Crippen LogP contribution is 2.13. The molecular formula is C16H25FN2O2. The van der Waals surface area contributed by atoms with Gasteiger partial charge >= 0.3 is 6.09 Å². The second-order valence-corrected chi connectivity index (χ2v) is 6.10. The minimum atomic E-state index is -0.402. The molecule has 0 aromatic heterocycles. The molecule has 1 unspecified atom stereocenters. The zero-order chi connectivity index (χ0) is 15.9. The number of hydrogen-bond acceptors (Lipinski definition) is 3. The number of benzene rings is 1. The van der Waals surface area contributed by atoms with Crippen LogP contribution in [0.2, 0.25) is 0 Å². The van der Waals surface area contributed by atoms with Crippen LogP contribution in [0, 0.1) is 5.82 Å². The van der Waals surface area contributed by atoms with Crippen molar-refractivity contribution in [2.45, 2.75) is 45.7 Å². The van der Waals surface area contributed by atoms with Crippen LogP contribution in [0.4, 0.5) is 9.18 Å². The highest BCUT2D eigenvalue weighted by atomic mass is 19.1. The van der Waals surface area contributed by atoms with E-state index >= 15 is 0 Å². The van der Waals surface area contributed by atoms with Crippen LogP contribution in [0.5, 0.6) is 0 Å². The molecule has 1 aromatic carbocycles. The summed E-state index contributed by atoms with van der Waals surface area (Å²) in [5, 5.41) is 6.00. The lowest BCUT2D eigenvalue weighted by Gasteiger charge is -2.20. The van der Waals surface area contributed by atoms with Crippen LogP contribution in [-0.2, 0) is 4.74 Å². The van der Waals surface area contributed by atoms with E-state index in [1.165, 1.54) is 12.1 Å². The smallest absolute Gasteiger partial charge is 0.407 e. The maximum atomic E-state index is 13.1. The highest BCUT2D eigenvalue weighted by molar-refractivity contribution is 5.67. The summed E-state index contributed by atoms with van der Waals surface area (Å²) < 4.78 is 18.2. The van der Waals surface area contributed by atoms with Gasteiger partial charge in [0.15, 0.2) is 0 Å². The molecule has 21 heavy (non-hydrogen) atoms. The fraction of sp³-hybridized carbons (Fsp3) is 0.562. The van der Waals surface area contributed by atoms with Crippen LogP contribution in [-0.4, -0.2) is 24.8 Å². The number of rotatable bonds is 6. The molecule has 0 radical (unpaired) electrons. The van der Waals surface area contributed by atoms with E-state index in [9.17, 15) is 9.18 Å². The quantitative estimate of drug-likeness (QED) is 0.791. The van der Waals surface area contributed by atoms with Gasteiger partial charge in [-0.15, -0.1) is 0 Å². The standard InChI is InChI=1S/C16H25FN2O2/c1-12(13-7-5-8-14(17)11-13)18-9-6-10-21-15(20)19-16(2,3)4/h5,7-8,11-12,18H,6,9-10H2,1-4H3,(H,19,20). The van der Waals surface area contributed by atoms with Crippen LogP contribution in [0.3, 0.4) is 0 Å². The summed E-state index contributed by atoms with van der Waals surface area (Å²) in [6.07, 6.45) is 0.303. The van der Waals surface area contributed by atoms with Crippen molar-refractivity contribution < 1.29 is 13.9 Å². The van der Waals surface area contributed by atoms with Gasteiger partial charge in [0.2, 0.25) is 0 Å². The number of nitrogens with one attached hydrogen (secondary N) is 2. The lowest BCUT2D eigenvalue weighted by atomic mass is 10.1. The third-order valence-electron chi connectivity index (χ3n) is 2.83. The van der Waals surface area contributed by atoms with E-state index in [1.807, 2.05) is 33.8 Å². The Kier molecular flexibility index (Phi) is 6.62. The zero-order valence-electron chi connectivity index (χ0n) is 13.2. The van der Waals surface area contributed by atoms with Crippen LogP contribution in [0.15, 0.2) is 24.3 Å². The Balaban J connectivity index is 2.18. The van der Waals surface area contributed by atoms with Crippen LogP contribution >= 0.6 is 0 Å². The molecule has 5 heteroatoms. The summed E-state index contributed by atoms with van der Waals surface area (Å²) in [6, 6.07) is 6.59. The Morgan fingerprint density at radius 2 is 2.10 bits per heavy atom. The van der Waals surface area contributed by atoms with Crippen LogP contribution < -0.4 is 10.6 Å². The average Bonchev–Trinajstić information content (AvgIpc) is 2.36. The molecule has 0 aliphatic rings. The summed E-state index contributed by atoms with van der Waals surface area (Å²) >= 11 is 0. The van der Waals surface area contributed by atoms with Gasteiger partial charge in [0, 0.05) is 11.6 Å². The molecule has 0 fully saturated rings. The molecule has 1 rings (SSSR count). The minimum absolute atomic E-state index is 0.0594. The Morgan fingerprint density at radius 1 is 1.38 bits per heavy atom. The summed E-state index contributed by atoms with van der Waals surface area (Å²) in [7, 11) is 0. The normalized spacial score (nSPS) is 12.8. The van der Waals surface area contributed by atoms with E-state index in [1.54, 1.807) is 6.07 Å². The van der Waals surface area contributed by atoms with Crippen LogP contribution in [0.1, 0.15) is 45.7 Å². The van der Waals surface area contributed by atoms with E-state index in [0.717, 1.165) is 5.56 Å². The van der Waals surface area contributed by atoms with Crippen molar-refractivity contribution >= 4 is 6.09 Å². The Labute approximate surface area is 126 Å². The number of amides is 1. The number of ether oxygens (including phenoxy) is 1. The van der Waals surface area contributed by atoms with Gasteiger partial charge in [-0.2, -0.15) is 0 Å². The molecule has 0 aliphatic heterocycles. The third-order valence-corrected chi connectivity index (χ3v) is 2.83. The predicted molar refractivity (Wildman–Crippen MR) is 81.7 cm³/mol. The SMILES string of the molecule is CC(NCCCOC(=O)NC(C)(C)C)c1cccc(F)c1. The van der Waals surface area contributed by atoms with Crippen molar-refractivity contribution in [1.29, 1.82) is 0 Å². The molecule has 118 valence electrons. The fourth-order valence-electron chi connectivity index (χ4n) is 1.79. The molecular weight excluding hydrogens is 271 g/mol. The minimum Gasteiger partial charge on any atom is -0.450 e. The summed E-state index contributed by atoms with van der Waals surface area (Å²) in [6.45, 7) is 8.72. The van der Waals surface area contributed by atoms with Gasteiger partial charge < -0.3 is 15.4 Å². The zero-order valence-corrected chi connectivity index (χ0v) is 13.2. The number of alkyl carbamates (subject to hydrolysis) is 1. The Morgan fingerprint density at radius 3 is 2.71 bits per heavy atom. The van der Waals surface area contributed by atoms with Gasteiger partial charge in [-0.25, -0.2) is 9.18 Å². The summed E-state index contributed by atoms with van der Waals surface area (Å²) in [4.78, 5) is 11.4. The first-order chi connectivity index (χ1) is 9.78. The monoisotopic (exact) mass is 296 g/mol. The molecule has 0 aliphatic carbocycles. The van der Waals surface area contributed by atoms with Crippen molar-refractivity contribution in [3.05, 3.63) is 35.6 Å². The van der Waals surface area contributed by atoms with Gasteiger partial charge in [0.25, 0.3) is 0 Å². The second-order valence-electron chi connectivity index (χ2n) is 6.10. The average molecular weight is 296 g/mol. The third kappa shape index (κ3) is 7.66. The maximum Gasteiger partial charge on any atom is 0.407 e. The van der Waals surface area contributed by atoms with Gasteiger partial charge in [-0.1, -0.05) is 12.1 Å². The molecule has 1 atom stereocenters. The molecule has 1 aromatic rings. The Bertz CT molecular complexity index is 458. The van der Waals surface area contributed by atoms with Crippen molar-refractivity contribution in [1.82, 2.24) is 10.6 Å². The maximum absolute atomic E-state index is 13.1. The first kappa shape index (κ1) is 17.4. The van der Waals surface area contributed by atoms with E-state index in [4.69, 9.17) is 4.74 Å². The predicted octanol–water partition coefficient (Wildman–Crippen LogP) is 3.39. The number of hydrogen-bond donors (Lipinski definition) is 2. The lowest BCUT2D eigenvalue weighted by Crippen LogP contribution is -2.41. The second kappa shape index (κ2) is 7.98. The topological polar surface area (TPSA) is 50.4 Å². The molecule has 4 nitrogen and oxygen atoms in total. The van der Waals surface area contributed by atoms with Gasteiger partial charge in [0.1, 0.15) is 5.82 Å². The van der Waals surface area contributed by atoms with E-state index in [2.05, 4.69) is 10.6 Å². The molecule has 1 amide bonds. The molecule has 0 saturated heterocycles. The van der Waals surface area contributed by atoms with E-state index < -0.39 is 6.09 Å². The lowest BCUT2D eigenvalue weighted by molar-refractivity contribution is 0.136. The molecule has 0 bridgehead atoms. The summed E-state index contributed by atoms with van der Waals surface area (Å²) in [5.41, 5.74) is 0.614. The number of halogens is 1. The van der Waals surface area contributed by atoms with E-state index in [-0.39, 0.29) is 17.4 Å². The molecule has 0 saturated carbocycles. The largest absolute Gasteiger partial charge is 0.450 e. The fourth-order valence-corrected chi connectivity index (χ4v) is 1.79. The van der Waals surface area contributed by atoms with E-state index in [0.29, 0.717) is 19.6 Å². The molecule has 0 heterocycles. The summed E-state index contributed by atoms with van der Waals surface area (Å²) in [5.74, 6) is -0.233. The van der Waals surface area contributed by atoms with Gasteiger partial charge in [-0.05, 0) is 58.4 Å². The number of carbonyl (C=O) groups excluding carboxylic acids is 1. The highest BCUT2D eigenvalue weighted by Gasteiger charge is 2.14. The van der Waals surface area contributed by atoms with Crippen LogP contribution in [0.25, 0.3) is 0 Å². The first-order valence-corrected chi connectivity index (χ1v) is 7.22.